The van der Waals surface area contributed by atoms with Crippen LogP contribution < -0.4 is 19.9 Å². The zero-order valence-electron chi connectivity index (χ0n) is 21.7. The maximum Gasteiger partial charge on any atom is 0.222 e. The highest BCUT2D eigenvalue weighted by atomic mass is 16.3. The molecular formula is C28H45N5O3. The van der Waals surface area contributed by atoms with Crippen LogP contribution in [0.4, 0.5) is 5.82 Å². The summed E-state index contributed by atoms with van der Waals surface area (Å²) in [5, 5.41) is 13.9. The third-order valence-electron chi connectivity index (χ3n) is 5.53. The van der Waals surface area contributed by atoms with Crippen LogP contribution in [0.2, 0.25) is 0 Å². The number of hydrogen-bond acceptors (Lipinski definition) is 5. The summed E-state index contributed by atoms with van der Waals surface area (Å²) in [5.41, 5.74) is 0. The van der Waals surface area contributed by atoms with Gasteiger partial charge in [0.05, 0.1) is 0 Å². The van der Waals surface area contributed by atoms with E-state index in [1.807, 2.05) is 53.9 Å². The van der Waals surface area contributed by atoms with Gasteiger partial charge < -0.3 is 20.2 Å². The van der Waals surface area contributed by atoms with Crippen LogP contribution in [0.1, 0.15) is 54.4 Å². The summed E-state index contributed by atoms with van der Waals surface area (Å²) in [4.78, 5) is 31.8. The van der Waals surface area contributed by atoms with Crippen molar-refractivity contribution >= 4 is 17.6 Å². The molecule has 0 radical (unpaired) electrons. The van der Waals surface area contributed by atoms with Gasteiger partial charge >= 0.3 is 0 Å². The number of aromatic nitrogens is 2. The molecule has 2 aromatic heterocycles. The molecule has 1 aliphatic rings. The lowest BCUT2D eigenvalue weighted by Gasteiger charge is -2.35. The molecule has 1 fully saturated rings. The van der Waals surface area contributed by atoms with Gasteiger partial charge in [-0.05, 0) is 29.7 Å². The van der Waals surface area contributed by atoms with Crippen molar-refractivity contribution in [2.75, 3.05) is 37.6 Å². The fraction of sp³-hybridized carbons (Fsp3) is 0.571. The first kappa shape index (κ1) is 30.9. The molecule has 0 atom stereocenters. The molecule has 8 heteroatoms. The molecule has 0 bridgehead atoms. The maximum atomic E-state index is 11.9. The quantitative estimate of drug-likeness (QED) is 0.423. The minimum absolute atomic E-state index is 0. The zero-order chi connectivity index (χ0) is 25.6. The van der Waals surface area contributed by atoms with Gasteiger partial charge in [-0.3, -0.25) is 9.59 Å². The molecular weight excluding hydrogens is 454 g/mol. The number of carbonyl (C=O) groups excluding carboxylic acids is 2. The highest BCUT2D eigenvalue weighted by Crippen LogP contribution is 2.14. The molecule has 0 aliphatic carbocycles. The van der Waals surface area contributed by atoms with Crippen molar-refractivity contribution in [2.45, 2.75) is 60.9 Å². The lowest BCUT2D eigenvalue weighted by atomic mass is 10.1. The largest absolute Gasteiger partial charge is 0.868 e. The Balaban J connectivity index is 0.000000351. The third-order valence-corrected chi connectivity index (χ3v) is 5.53. The Morgan fingerprint density at radius 3 is 2.31 bits per heavy atom. The van der Waals surface area contributed by atoms with E-state index < -0.39 is 0 Å². The van der Waals surface area contributed by atoms with Crippen molar-refractivity contribution in [3.8, 4) is 5.75 Å². The first-order valence-electron chi connectivity index (χ1n) is 12.6. The lowest BCUT2D eigenvalue weighted by molar-refractivity contribution is -0.699. The topological polar surface area (TPSA) is 92.5 Å². The van der Waals surface area contributed by atoms with Crippen LogP contribution in [0.3, 0.4) is 0 Å². The summed E-state index contributed by atoms with van der Waals surface area (Å²) < 4.78 is 1.84. The van der Waals surface area contributed by atoms with Crippen molar-refractivity contribution in [3.63, 3.8) is 0 Å². The summed E-state index contributed by atoms with van der Waals surface area (Å²) in [6.45, 7) is 13.0. The van der Waals surface area contributed by atoms with Crippen molar-refractivity contribution in [1.82, 2.24) is 15.2 Å². The summed E-state index contributed by atoms with van der Waals surface area (Å²) in [6, 6.07) is 9.21. The van der Waals surface area contributed by atoms with Crippen molar-refractivity contribution in [2.24, 2.45) is 11.8 Å². The van der Waals surface area contributed by atoms with Gasteiger partial charge in [0.15, 0.2) is 12.4 Å². The second kappa shape index (κ2) is 16.5. The second-order valence-corrected chi connectivity index (χ2v) is 9.73. The van der Waals surface area contributed by atoms with E-state index in [0.29, 0.717) is 31.2 Å². The van der Waals surface area contributed by atoms with Crippen LogP contribution in [-0.2, 0) is 16.1 Å². The number of rotatable bonds is 9. The molecule has 200 valence electrons. The smallest absolute Gasteiger partial charge is 0.222 e. The van der Waals surface area contributed by atoms with Gasteiger partial charge in [0.2, 0.25) is 11.8 Å². The first-order valence-corrected chi connectivity index (χ1v) is 12.6. The van der Waals surface area contributed by atoms with E-state index in [2.05, 4.69) is 29.0 Å². The molecule has 3 rings (SSSR count). The number of amides is 2. The van der Waals surface area contributed by atoms with Gasteiger partial charge in [0.25, 0.3) is 0 Å². The number of anilines is 1. The van der Waals surface area contributed by atoms with Crippen molar-refractivity contribution in [3.05, 3.63) is 48.9 Å². The number of nitrogens with zero attached hydrogens (tertiary/aromatic N) is 4. The summed E-state index contributed by atoms with van der Waals surface area (Å²) in [5.74, 6) is 2.23. The number of carbonyl (C=O) groups is 2. The molecule has 0 unspecified atom stereocenters. The Morgan fingerprint density at radius 2 is 1.72 bits per heavy atom. The Morgan fingerprint density at radius 1 is 1.03 bits per heavy atom. The standard InChI is InChI=1S/C14H21N3O.C13H20N2O2.CH4/c1-12(2)11-14(18)17-9-7-16(8-10-17)13-5-3-4-6-15-13;1-11(2)9-13(17)14-6-4-8-15-7-3-5-12(16)10-15;/h3-6,12H,7-11H2,1-2H3;3,5,7,10-11H,4,6,8-9H2,1-2H3,(H-,14,16,17);1H4. The van der Waals surface area contributed by atoms with Crippen LogP contribution in [-0.4, -0.2) is 54.4 Å². The molecule has 2 amide bonds. The molecule has 1 saturated heterocycles. The summed E-state index contributed by atoms with van der Waals surface area (Å²) in [7, 11) is 0. The van der Waals surface area contributed by atoms with Gasteiger partial charge in [-0.15, -0.1) is 0 Å². The first-order chi connectivity index (χ1) is 16.7. The lowest BCUT2D eigenvalue weighted by Crippen LogP contribution is -2.49. The van der Waals surface area contributed by atoms with E-state index in [0.717, 1.165) is 45.0 Å². The van der Waals surface area contributed by atoms with E-state index in [9.17, 15) is 14.7 Å². The Hall–Kier alpha value is -3.16. The molecule has 1 N–H and O–H groups in total. The van der Waals surface area contributed by atoms with Crippen LogP contribution in [0.25, 0.3) is 0 Å². The van der Waals surface area contributed by atoms with Gasteiger partial charge in [-0.1, -0.05) is 47.3 Å². The number of hydrogen-bond donors (Lipinski definition) is 1. The second-order valence-electron chi connectivity index (χ2n) is 9.73. The maximum absolute atomic E-state index is 11.9. The van der Waals surface area contributed by atoms with E-state index in [1.165, 1.54) is 6.07 Å². The molecule has 36 heavy (non-hydrogen) atoms. The van der Waals surface area contributed by atoms with Gasteiger partial charge in [-0.2, -0.15) is 0 Å². The minimum Gasteiger partial charge on any atom is -0.868 e. The molecule has 0 saturated carbocycles. The fourth-order valence-corrected chi connectivity index (χ4v) is 3.77. The van der Waals surface area contributed by atoms with Crippen molar-refractivity contribution in [1.29, 1.82) is 0 Å². The van der Waals surface area contributed by atoms with Gasteiger partial charge in [0, 0.05) is 64.2 Å². The summed E-state index contributed by atoms with van der Waals surface area (Å²) >= 11 is 0. The van der Waals surface area contributed by atoms with Crippen LogP contribution in [0.15, 0.2) is 48.9 Å². The van der Waals surface area contributed by atoms with Crippen LogP contribution in [0.5, 0.6) is 5.75 Å². The Labute approximate surface area is 217 Å². The zero-order valence-corrected chi connectivity index (χ0v) is 21.7. The number of aryl methyl sites for hydroxylation is 1. The Bertz CT molecular complexity index is 897. The SMILES string of the molecule is C.CC(C)CC(=O)N1CCN(c2ccccn2)CC1.CC(C)CC(=O)NCCC[n+]1cccc([O-])c1. The van der Waals surface area contributed by atoms with Crippen molar-refractivity contribution < 1.29 is 19.3 Å². The molecule has 3 heterocycles. The highest BCUT2D eigenvalue weighted by molar-refractivity contribution is 5.76. The van der Waals surface area contributed by atoms with Gasteiger partial charge in [0.1, 0.15) is 12.4 Å². The molecule has 0 spiro atoms. The molecule has 1 aliphatic heterocycles. The summed E-state index contributed by atoms with van der Waals surface area (Å²) in [6.07, 6.45) is 7.30. The third kappa shape index (κ3) is 12.0. The van der Waals surface area contributed by atoms with E-state index in [1.54, 1.807) is 12.3 Å². The van der Waals surface area contributed by atoms with Crippen LogP contribution in [0, 0.1) is 11.8 Å². The highest BCUT2D eigenvalue weighted by Gasteiger charge is 2.21. The minimum atomic E-state index is 0. The van der Waals surface area contributed by atoms with E-state index in [-0.39, 0.29) is 25.0 Å². The number of nitrogens with one attached hydrogen (secondary N) is 1. The van der Waals surface area contributed by atoms with Gasteiger partial charge in [-0.25, -0.2) is 9.55 Å². The monoisotopic (exact) mass is 499 g/mol. The fourth-order valence-electron chi connectivity index (χ4n) is 3.77. The number of pyridine rings is 2. The number of piperazine rings is 1. The molecule has 2 aromatic rings. The predicted octanol–water partition coefficient (Wildman–Crippen LogP) is 3.01. The Kier molecular flexibility index (Phi) is 14.1. The normalized spacial score (nSPS) is 13.1. The van der Waals surface area contributed by atoms with Crippen LogP contribution >= 0.6 is 0 Å². The van der Waals surface area contributed by atoms with E-state index >= 15 is 0 Å². The average molecular weight is 500 g/mol. The molecule has 8 nitrogen and oxygen atoms in total. The average Bonchev–Trinajstić information content (AvgIpc) is 2.82. The molecule has 0 aromatic carbocycles. The predicted molar refractivity (Wildman–Crippen MR) is 142 cm³/mol. The van der Waals surface area contributed by atoms with E-state index in [4.69, 9.17) is 0 Å².